The molecule has 1 N–H and O–H groups in total. The van der Waals surface area contributed by atoms with Gasteiger partial charge in [-0.3, -0.25) is 4.79 Å². The molecule has 0 unspecified atom stereocenters. The Morgan fingerprint density at radius 3 is 2.57 bits per heavy atom. The van der Waals surface area contributed by atoms with E-state index < -0.39 is 0 Å². The Balaban J connectivity index is 1.85. The second-order valence-corrected chi connectivity index (χ2v) is 6.26. The maximum Gasteiger partial charge on any atom is 0.242 e. The summed E-state index contributed by atoms with van der Waals surface area (Å²) in [5, 5.41) is 3.28. The van der Waals surface area contributed by atoms with Crippen molar-refractivity contribution in [2.24, 2.45) is 0 Å². The van der Waals surface area contributed by atoms with E-state index >= 15 is 0 Å². The van der Waals surface area contributed by atoms with Crippen molar-refractivity contribution in [1.82, 2.24) is 19.8 Å². The summed E-state index contributed by atoms with van der Waals surface area (Å²) < 4.78 is 2.01. The van der Waals surface area contributed by atoms with E-state index in [-0.39, 0.29) is 5.91 Å². The summed E-state index contributed by atoms with van der Waals surface area (Å²) in [7, 11) is 0. The maximum absolute atomic E-state index is 12.5. The summed E-state index contributed by atoms with van der Waals surface area (Å²) in [5.41, 5.74) is 3.21. The minimum atomic E-state index is 0.172. The molecule has 0 aliphatic carbocycles. The monoisotopic (exact) mass is 312 g/mol. The number of piperazine rings is 1. The molecule has 23 heavy (non-hydrogen) atoms. The van der Waals surface area contributed by atoms with Crippen molar-refractivity contribution in [3.8, 4) is 11.3 Å². The molecule has 5 nitrogen and oxygen atoms in total. The van der Waals surface area contributed by atoms with Crippen molar-refractivity contribution < 1.29 is 4.79 Å². The van der Waals surface area contributed by atoms with Gasteiger partial charge < -0.3 is 14.8 Å². The molecule has 3 rings (SSSR count). The van der Waals surface area contributed by atoms with Crippen LogP contribution >= 0.6 is 0 Å². The second kappa shape index (κ2) is 6.96. The van der Waals surface area contributed by atoms with E-state index in [0.29, 0.717) is 12.5 Å². The highest BCUT2D eigenvalue weighted by atomic mass is 16.2. The molecule has 5 heteroatoms. The first kappa shape index (κ1) is 15.7. The molecule has 2 heterocycles. The lowest BCUT2D eigenvalue weighted by atomic mass is 10.0. The summed E-state index contributed by atoms with van der Waals surface area (Å²) in [6, 6.07) is 10.2. The molecule has 1 saturated heterocycles. The number of rotatable bonds is 4. The third kappa shape index (κ3) is 3.45. The van der Waals surface area contributed by atoms with E-state index in [0.717, 1.165) is 43.1 Å². The largest absolute Gasteiger partial charge is 0.339 e. The first-order valence-electron chi connectivity index (χ1n) is 8.25. The van der Waals surface area contributed by atoms with E-state index in [4.69, 9.17) is 0 Å². The number of hydrogen-bond acceptors (Lipinski definition) is 3. The van der Waals surface area contributed by atoms with Gasteiger partial charge in [-0.25, -0.2) is 4.98 Å². The highest BCUT2D eigenvalue weighted by Gasteiger charge is 2.21. The van der Waals surface area contributed by atoms with Crippen LogP contribution in [0.15, 0.2) is 36.7 Å². The highest BCUT2D eigenvalue weighted by molar-refractivity contribution is 5.76. The molecular weight excluding hydrogens is 288 g/mol. The van der Waals surface area contributed by atoms with Crippen molar-refractivity contribution in [3.63, 3.8) is 0 Å². The summed E-state index contributed by atoms with van der Waals surface area (Å²) in [5.74, 6) is 0.481. The van der Waals surface area contributed by atoms with Gasteiger partial charge in [-0.15, -0.1) is 0 Å². The summed E-state index contributed by atoms with van der Waals surface area (Å²) in [6.07, 6.45) is 1.80. The predicted molar refractivity (Wildman–Crippen MR) is 91.2 cm³/mol. The summed E-state index contributed by atoms with van der Waals surface area (Å²) >= 11 is 0. The van der Waals surface area contributed by atoms with Gasteiger partial charge in [0.05, 0.1) is 12.0 Å². The van der Waals surface area contributed by atoms with Crippen molar-refractivity contribution in [2.45, 2.75) is 26.3 Å². The van der Waals surface area contributed by atoms with Gasteiger partial charge in [0.1, 0.15) is 6.54 Å². The smallest absolute Gasteiger partial charge is 0.242 e. The topological polar surface area (TPSA) is 50.2 Å². The number of benzene rings is 1. The van der Waals surface area contributed by atoms with Gasteiger partial charge in [-0.2, -0.15) is 0 Å². The molecule has 1 aliphatic heterocycles. The minimum Gasteiger partial charge on any atom is -0.339 e. The number of imidazole rings is 1. The van der Waals surface area contributed by atoms with Crippen molar-refractivity contribution >= 4 is 5.91 Å². The number of hydrogen-bond donors (Lipinski definition) is 1. The van der Waals surface area contributed by atoms with E-state index in [9.17, 15) is 4.79 Å². The maximum atomic E-state index is 12.5. The van der Waals surface area contributed by atoms with Crippen LogP contribution in [0.5, 0.6) is 0 Å². The molecule has 0 spiro atoms. The van der Waals surface area contributed by atoms with Gasteiger partial charge in [-0.05, 0) is 5.92 Å². The lowest BCUT2D eigenvalue weighted by Crippen LogP contribution is -2.47. The van der Waals surface area contributed by atoms with Gasteiger partial charge in [0.2, 0.25) is 5.91 Å². The Labute approximate surface area is 137 Å². The molecule has 0 atom stereocenters. The molecule has 1 fully saturated rings. The molecule has 122 valence electrons. The average molecular weight is 312 g/mol. The van der Waals surface area contributed by atoms with E-state index in [1.165, 1.54) is 0 Å². The van der Waals surface area contributed by atoms with Crippen LogP contribution in [0.2, 0.25) is 0 Å². The molecule has 1 aromatic heterocycles. The third-order valence-electron chi connectivity index (χ3n) is 4.25. The Morgan fingerprint density at radius 2 is 1.91 bits per heavy atom. The predicted octanol–water partition coefficient (Wildman–Crippen LogP) is 2.11. The highest BCUT2D eigenvalue weighted by Crippen LogP contribution is 2.28. The first-order valence-corrected chi connectivity index (χ1v) is 8.25. The van der Waals surface area contributed by atoms with E-state index in [1.807, 2.05) is 27.7 Å². The molecule has 0 bridgehead atoms. The quantitative estimate of drug-likeness (QED) is 0.940. The van der Waals surface area contributed by atoms with Crippen LogP contribution in [-0.4, -0.2) is 46.5 Å². The first-order chi connectivity index (χ1) is 11.2. The summed E-state index contributed by atoms with van der Waals surface area (Å²) in [4.78, 5) is 19.1. The fourth-order valence-electron chi connectivity index (χ4n) is 3.10. The van der Waals surface area contributed by atoms with E-state index in [2.05, 4.69) is 36.3 Å². The number of amides is 1. The van der Waals surface area contributed by atoms with Crippen LogP contribution in [0.3, 0.4) is 0 Å². The number of nitrogens with zero attached hydrogens (tertiary/aromatic N) is 3. The Bertz CT molecular complexity index is 657. The molecule has 2 aromatic rings. The SMILES string of the molecule is CC(C)c1c(-c2ccccc2)ncn1CC(=O)N1CCNCC1. The summed E-state index contributed by atoms with van der Waals surface area (Å²) in [6.45, 7) is 7.99. The van der Waals surface area contributed by atoms with Gasteiger partial charge in [-0.1, -0.05) is 44.2 Å². The molecule has 1 aliphatic rings. The van der Waals surface area contributed by atoms with Gasteiger partial charge in [0.15, 0.2) is 0 Å². The van der Waals surface area contributed by atoms with Gasteiger partial charge in [0, 0.05) is 37.4 Å². The average Bonchev–Trinajstić information content (AvgIpc) is 3.00. The Hall–Kier alpha value is -2.14. The zero-order valence-electron chi connectivity index (χ0n) is 13.8. The fourth-order valence-corrected chi connectivity index (χ4v) is 3.10. The third-order valence-corrected chi connectivity index (χ3v) is 4.25. The minimum absolute atomic E-state index is 0.172. The van der Waals surface area contributed by atoms with Crippen molar-refractivity contribution in [3.05, 3.63) is 42.4 Å². The van der Waals surface area contributed by atoms with Crippen LogP contribution in [0.25, 0.3) is 11.3 Å². The zero-order valence-corrected chi connectivity index (χ0v) is 13.8. The molecule has 0 radical (unpaired) electrons. The van der Waals surface area contributed by atoms with Crippen LogP contribution in [0, 0.1) is 0 Å². The number of nitrogens with one attached hydrogen (secondary N) is 1. The van der Waals surface area contributed by atoms with Gasteiger partial charge in [0.25, 0.3) is 0 Å². The number of carbonyl (C=O) groups excluding carboxylic acids is 1. The van der Waals surface area contributed by atoms with Crippen LogP contribution in [0.1, 0.15) is 25.5 Å². The molecule has 1 aromatic carbocycles. The fraction of sp³-hybridized carbons (Fsp3) is 0.444. The zero-order chi connectivity index (χ0) is 16.2. The standard InChI is InChI=1S/C18H24N4O/c1-14(2)18-17(15-6-4-3-5-7-15)20-13-22(18)12-16(23)21-10-8-19-9-11-21/h3-7,13-14,19H,8-12H2,1-2H3. The normalized spacial score (nSPS) is 15.2. The van der Waals surface area contributed by atoms with E-state index in [1.54, 1.807) is 6.33 Å². The van der Waals surface area contributed by atoms with Crippen LogP contribution < -0.4 is 5.32 Å². The van der Waals surface area contributed by atoms with Crippen LogP contribution in [0.4, 0.5) is 0 Å². The Morgan fingerprint density at radius 1 is 1.22 bits per heavy atom. The Kier molecular flexibility index (Phi) is 4.76. The van der Waals surface area contributed by atoms with Crippen molar-refractivity contribution in [2.75, 3.05) is 26.2 Å². The second-order valence-electron chi connectivity index (χ2n) is 6.26. The van der Waals surface area contributed by atoms with Crippen LogP contribution in [-0.2, 0) is 11.3 Å². The molecule has 1 amide bonds. The molecular formula is C18H24N4O. The molecule has 0 saturated carbocycles. The number of carbonyl (C=O) groups is 1. The number of aromatic nitrogens is 2. The lowest BCUT2D eigenvalue weighted by molar-refractivity contribution is -0.132. The van der Waals surface area contributed by atoms with Gasteiger partial charge >= 0.3 is 0 Å². The lowest BCUT2D eigenvalue weighted by Gasteiger charge is -2.28. The van der Waals surface area contributed by atoms with Crippen molar-refractivity contribution in [1.29, 1.82) is 0 Å².